The summed E-state index contributed by atoms with van der Waals surface area (Å²) in [5.74, 6) is 0.0250. The normalized spacial score (nSPS) is 11.7. The molecule has 1 N–H and O–H groups in total. The van der Waals surface area contributed by atoms with Gasteiger partial charge in [0, 0.05) is 0 Å². The lowest BCUT2D eigenvalue weighted by Gasteiger charge is -2.18. The molecule has 0 saturated carbocycles. The van der Waals surface area contributed by atoms with Crippen molar-refractivity contribution in [2.75, 3.05) is 13.2 Å². The maximum atomic E-state index is 13.9. The Labute approximate surface area is 151 Å². The molecule has 6 heteroatoms. The van der Waals surface area contributed by atoms with Crippen molar-refractivity contribution >= 4 is 17.5 Å². The fraction of sp³-hybridized carbons (Fsp3) is 0.316. The molecule has 0 aliphatic rings. The summed E-state index contributed by atoms with van der Waals surface area (Å²) in [5.41, 5.74) is 0.652. The van der Waals surface area contributed by atoms with Crippen LogP contribution < -0.4 is 14.8 Å². The molecule has 134 valence electrons. The fourth-order valence-corrected chi connectivity index (χ4v) is 2.65. The van der Waals surface area contributed by atoms with E-state index < -0.39 is 11.7 Å². The van der Waals surface area contributed by atoms with Gasteiger partial charge in [-0.15, -0.1) is 0 Å². The molecule has 0 heterocycles. The Morgan fingerprint density at radius 2 is 1.84 bits per heavy atom. The topological polar surface area (TPSA) is 47.6 Å². The van der Waals surface area contributed by atoms with Crippen LogP contribution in [0.25, 0.3) is 0 Å². The molecule has 0 bridgehead atoms. The van der Waals surface area contributed by atoms with Crippen molar-refractivity contribution < 1.29 is 18.7 Å². The molecule has 0 aromatic heterocycles. The Morgan fingerprint density at radius 3 is 2.48 bits per heavy atom. The third kappa shape index (κ3) is 4.63. The first-order valence-corrected chi connectivity index (χ1v) is 8.50. The predicted octanol–water partition coefficient (Wildman–Crippen LogP) is 4.77. The van der Waals surface area contributed by atoms with Gasteiger partial charge < -0.3 is 14.8 Å². The highest BCUT2D eigenvalue weighted by Gasteiger charge is 2.19. The Balaban J connectivity index is 2.21. The van der Waals surface area contributed by atoms with Gasteiger partial charge >= 0.3 is 0 Å². The molecule has 0 aliphatic carbocycles. The number of amides is 1. The first kappa shape index (κ1) is 19.1. The minimum atomic E-state index is -0.654. The zero-order chi connectivity index (χ0) is 18.4. The van der Waals surface area contributed by atoms with Crippen LogP contribution >= 0.6 is 11.6 Å². The highest BCUT2D eigenvalue weighted by Crippen LogP contribution is 2.31. The van der Waals surface area contributed by atoms with Gasteiger partial charge in [0.15, 0.2) is 11.5 Å². The monoisotopic (exact) mass is 365 g/mol. The second kappa shape index (κ2) is 8.72. The van der Waals surface area contributed by atoms with Gasteiger partial charge in [0.1, 0.15) is 5.82 Å². The van der Waals surface area contributed by atoms with Crippen LogP contribution in [0.4, 0.5) is 4.39 Å². The van der Waals surface area contributed by atoms with Crippen molar-refractivity contribution in [2.45, 2.75) is 26.8 Å². The minimum absolute atomic E-state index is 0.0754. The van der Waals surface area contributed by atoms with Gasteiger partial charge in [0.2, 0.25) is 0 Å². The number of hydrogen-bond donors (Lipinski definition) is 1. The Kier molecular flexibility index (Phi) is 6.65. The van der Waals surface area contributed by atoms with E-state index in [2.05, 4.69) is 5.32 Å². The number of nitrogens with one attached hydrogen (secondary N) is 1. The van der Waals surface area contributed by atoms with Crippen LogP contribution in [0.2, 0.25) is 5.02 Å². The third-order valence-corrected chi connectivity index (χ3v) is 3.92. The summed E-state index contributed by atoms with van der Waals surface area (Å²) >= 11 is 5.94. The Hall–Kier alpha value is -2.27. The van der Waals surface area contributed by atoms with E-state index >= 15 is 0 Å². The number of rotatable bonds is 7. The van der Waals surface area contributed by atoms with Crippen molar-refractivity contribution in [2.24, 2.45) is 0 Å². The van der Waals surface area contributed by atoms with Crippen molar-refractivity contribution in [1.82, 2.24) is 5.32 Å². The Morgan fingerprint density at radius 1 is 1.16 bits per heavy atom. The van der Waals surface area contributed by atoms with Gasteiger partial charge in [-0.3, -0.25) is 4.79 Å². The molecule has 2 aromatic carbocycles. The van der Waals surface area contributed by atoms with Crippen LogP contribution in [0, 0.1) is 5.82 Å². The predicted molar refractivity (Wildman–Crippen MR) is 96.1 cm³/mol. The summed E-state index contributed by atoms with van der Waals surface area (Å²) in [7, 11) is 0. The van der Waals surface area contributed by atoms with Gasteiger partial charge in [-0.2, -0.15) is 0 Å². The van der Waals surface area contributed by atoms with E-state index in [9.17, 15) is 9.18 Å². The van der Waals surface area contributed by atoms with E-state index in [1.54, 1.807) is 13.0 Å². The molecule has 0 radical (unpaired) electrons. The molecule has 0 unspecified atom stereocenters. The lowest BCUT2D eigenvalue weighted by Crippen LogP contribution is -2.27. The second-order valence-corrected chi connectivity index (χ2v) is 5.77. The zero-order valence-electron chi connectivity index (χ0n) is 14.4. The molecular formula is C19H21ClFNO3. The van der Waals surface area contributed by atoms with Gasteiger partial charge in [0.05, 0.1) is 29.8 Å². The van der Waals surface area contributed by atoms with Gasteiger partial charge in [-0.05, 0) is 50.6 Å². The first-order chi connectivity index (χ1) is 12.0. The zero-order valence-corrected chi connectivity index (χ0v) is 15.2. The second-order valence-electron chi connectivity index (χ2n) is 5.36. The molecule has 0 saturated heterocycles. The van der Waals surface area contributed by atoms with Gasteiger partial charge in [-0.1, -0.05) is 23.7 Å². The quantitative estimate of drug-likeness (QED) is 0.769. The molecule has 2 aromatic rings. The average molecular weight is 366 g/mol. The van der Waals surface area contributed by atoms with Crippen LogP contribution in [0.5, 0.6) is 11.5 Å². The van der Waals surface area contributed by atoms with E-state index in [1.165, 1.54) is 18.2 Å². The van der Waals surface area contributed by atoms with Crippen molar-refractivity contribution in [3.8, 4) is 11.5 Å². The van der Waals surface area contributed by atoms with Gasteiger partial charge in [-0.25, -0.2) is 4.39 Å². The molecule has 4 nitrogen and oxygen atoms in total. The lowest BCUT2D eigenvalue weighted by atomic mass is 10.1. The SMILES string of the molecule is CCOc1ccc([C@@H](C)NC(=O)c2c(F)cccc2Cl)cc1OCC. The summed E-state index contributed by atoms with van der Waals surface area (Å²) in [6, 6.07) is 9.22. The highest BCUT2D eigenvalue weighted by molar-refractivity contribution is 6.33. The maximum Gasteiger partial charge on any atom is 0.256 e. The van der Waals surface area contributed by atoms with Crippen molar-refractivity contribution in [3.63, 3.8) is 0 Å². The average Bonchev–Trinajstić information content (AvgIpc) is 2.56. The van der Waals surface area contributed by atoms with Crippen LogP contribution in [0.3, 0.4) is 0 Å². The number of halogens is 2. The standard InChI is InChI=1S/C19H21ClFNO3/c1-4-24-16-10-9-13(11-17(16)25-5-2)12(3)22-19(23)18-14(20)7-6-8-15(18)21/h6-12H,4-5H2,1-3H3,(H,22,23)/t12-/m1/s1. The molecule has 1 amide bonds. The van der Waals surface area contributed by atoms with Crippen LogP contribution in [-0.2, 0) is 0 Å². The molecule has 0 aliphatic heterocycles. The smallest absolute Gasteiger partial charge is 0.256 e. The molecule has 2 rings (SSSR count). The fourth-order valence-electron chi connectivity index (χ4n) is 2.40. The molecule has 0 spiro atoms. The molecule has 0 fully saturated rings. The van der Waals surface area contributed by atoms with Crippen LogP contribution in [0.1, 0.15) is 42.7 Å². The van der Waals surface area contributed by atoms with Crippen LogP contribution in [-0.4, -0.2) is 19.1 Å². The summed E-state index contributed by atoms with van der Waals surface area (Å²) in [5, 5.41) is 2.83. The number of carbonyl (C=O) groups is 1. The maximum absolute atomic E-state index is 13.9. The van der Waals surface area contributed by atoms with Crippen molar-refractivity contribution in [3.05, 3.63) is 58.4 Å². The molecule has 1 atom stereocenters. The van der Waals surface area contributed by atoms with E-state index in [0.717, 1.165) is 5.56 Å². The summed E-state index contributed by atoms with van der Waals surface area (Å²) in [6.45, 7) is 6.60. The van der Waals surface area contributed by atoms with E-state index in [0.29, 0.717) is 24.7 Å². The highest BCUT2D eigenvalue weighted by atomic mass is 35.5. The number of ether oxygens (including phenoxy) is 2. The Bertz CT molecular complexity index is 731. The minimum Gasteiger partial charge on any atom is -0.490 e. The van der Waals surface area contributed by atoms with Gasteiger partial charge in [0.25, 0.3) is 5.91 Å². The number of hydrogen-bond acceptors (Lipinski definition) is 3. The third-order valence-electron chi connectivity index (χ3n) is 3.60. The summed E-state index contributed by atoms with van der Waals surface area (Å²) < 4.78 is 25.0. The molecule has 25 heavy (non-hydrogen) atoms. The largest absolute Gasteiger partial charge is 0.490 e. The van der Waals surface area contributed by atoms with E-state index in [1.807, 2.05) is 26.0 Å². The van der Waals surface area contributed by atoms with E-state index in [4.69, 9.17) is 21.1 Å². The molecular weight excluding hydrogens is 345 g/mol. The lowest BCUT2D eigenvalue weighted by molar-refractivity contribution is 0.0936. The van der Waals surface area contributed by atoms with Crippen molar-refractivity contribution in [1.29, 1.82) is 0 Å². The number of benzene rings is 2. The van der Waals surface area contributed by atoms with Crippen LogP contribution in [0.15, 0.2) is 36.4 Å². The van der Waals surface area contributed by atoms with E-state index in [-0.39, 0.29) is 16.6 Å². The summed E-state index contributed by atoms with van der Waals surface area (Å²) in [4.78, 5) is 12.4. The first-order valence-electron chi connectivity index (χ1n) is 8.12. The number of carbonyl (C=O) groups excluding carboxylic acids is 1. The summed E-state index contributed by atoms with van der Waals surface area (Å²) in [6.07, 6.45) is 0.